The van der Waals surface area contributed by atoms with Crippen molar-refractivity contribution in [1.29, 1.82) is 0 Å². The Kier molecular flexibility index (Phi) is 3.01. The second-order valence-electron chi connectivity index (χ2n) is 2.36. The third-order valence-corrected chi connectivity index (χ3v) is 1.38. The predicted octanol–water partition coefficient (Wildman–Crippen LogP) is 0.165. The summed E-state index contributed by atoms with van der Waals surface area (Å²) in [7, 11) is 1.41. The monoisotopic (exact) mass is 195 g/mol. The molecule has 1 rings (SSSR count). The average molecular weight is 195 g/mol. The zero-order chi connectivity index (χ0) is 10.6. The molecule has 14 heavy (non-hydrogen) atoms. The molecule has 6 heteroatoms. The molecule has 0 radical (unpaired) electrons. The fraction of sp³-hybridized carbons (Fsp3) is 0.125. The van der Waals surface area contributed by atoms with Crippen molar-refractivity contribution in [3.05, 3.63) is 18.0 Å². The Morgan fingerprint density at radius 2 is 2.43 bits per heavy atom. The van der Waals surface area contributed by atoms with Gasteiger partial charge in [-0.25, -0.2) is 14.8 Å². The van der Waals surface area contributed by atoms with E-state index in [4.69, 9.17) is 15.6 Å². The minimum Gasteiger partial charge on any atom is -0.478 e. The number of carbonyl (C=O) groups is 1. The van der Waals surface area contributed by atoms with Crippen molar-refractivity contribution >= 4 is 17.9 Å². The summed E-state index contributed by atoms with van der Waals surface area (Å²) in [5.74, 6) is -0.708. The van der Waals surface area contributed by atoms with Crippen LogP contribution < -0.4 is 10.5 Å². The molecule has 0 aromatic carbocycles. The molecule has 6 nitrogen and oxygen atoms in total. The third kappa shape index (κ3) is 2.44. The predicted molar refractivity (Wildman–Crippen MR) is 49.7 cm³/mol. The minimum absolute atomic E-state index is 0.167. The first-order chi connectivity index (χ1) is 6.63. The summed E-state index contributed by atoms with van der Waals surface area (Å²) in [6.45, 7) is 0. The lowest BCUT2D eigenvalue weighted by Crippen LogP contribution is -1.99. The zero-order valence-electron chi connectivity index (χ0n) is 7.47. The molecule has 0 unspecified atom stereocenters. The van der Waals surface area contributed by atoms with Gasteiger partial charge in [0.1, 0.15) is 0 Å². The molecule has 0 aliphatic heterocycles. The maximum Gasteiger partial charge on any atom is 0.328 e. The lowest BCUT2D eigenvalue weighted by Gasteiger charge is -2.01. The molecule has 1 heterocycles. The number of nitrogens with zero attached hydrogens (tertiary/aromatic N) is 2. The topological polar surface area (TPSA) is 98.3 Å². The molecule has 0 atom stereocenters. The van der Waals surface area contributed by atoms with Gasteiger partial charge in [0.25, 0.3) is 5.88 Å². The van der Waals surface area contributed by atoms with E-state index in [0.717, 1.165) is 6.08 Å². The molecule has 0 saturated carbocycles. The molecule has 1 aromatic rings. The van der Waals surface area contributed by atoms with Crippen molar-refractivity contribution in [2.45, 2.75) is 0 Å². The van der Waals surface area contributed by atoms with Gasteiger partial charge in [-0.1, -0.05) is 0 Å². The van der Waals surface area contributed by atoms with E-state index in [9.17, 15) is 4.79 Å². The number of anilines is 1. The highest BCUT2D eigenvalue weighted by Crippen LogP contribution is 2.14. The van der Waals surface area contributed by atoms with E-state index in [0.29, 0.717) is 5.69 Å². The van der Waals surface area contributed by atoms with Crippen LogP contribution in [0.25, 0.3) is 6.08 Å². The summed E-state index contributed by atoms with van der Waals surface area (Å²) in [5, 5.41) is 8.36. The Labute approximate surface area is 80.1 Å². The Bertz CT molecular complexity index is 376. The van der Waals surface area contributed by atoms with Crippen LogP contribution in [0.5, 0.6) is 5.88 Å². The van der Waals surface area contributed by atoms with Crippen molar-refractivity contribution in [2.75, 3.05) is 12.8 Å². The Balaban J connectivity index is 2.95. The molecule has 1 aromatic heterocycles. The molecule has 0 spiro atoms. The normalized spacial score (nSPS) is 10.4. The van der Waals surface area contributed by atoms with Crippen molar-refractivity contribution in [2.24, 2.45) is 0 Å². The van der Waals surface area contributed by atoms with Crippen LogP contribution in [0.2, 0.25) is 0 Å². The summed E-state index contributed by atoms with van der Waals surface area (Å²) in [6.07, 6.45) is 3.62. The van der Waals surface area contributed by atoms with E-state index in [2.05, 4.69) is 9.97 Å². The SMILES string of the molecule is COc1nc(C=CC(=O)O)cnc1N. The third-order valence-electron chi connectivity index (χ3n) is 1.38. The van der Waals surface area contributed by atoms with Crippen LogP contribution in [0.4, 0.5) is 5.82 Å². The van der Waals surface area contributed by atoms with Crippen molar-refractivity contribution < 1.29 is 14.6 Å². The fourth-order valence-corrected chi connectivity index (χ4v) is 0.781. The van der Waals surface area contributed by atoms with Crippen LogP contribution in [0, 0.1) is 0 Å². The van der Waals surface area contributed by atoms with Gasteiger partial charge in [-0.15, -0.1) is 0 Å². The molecule has 74 valence electrons. The number of methoxy groups -OCH3 is 1. The average Bonchev–Trinajstić information content (AvgIpc) is 2.16. The lowest BCUT2D eigenvalue weighted by atomic mass is 10.4. The quantitative estimate of drug-likeness (QED) is 0.667. The van der Waals surface area contributed by atoms with E-state index < -0.39 is 5.97 Å². The lowest BCUT2D eigenvalue weighted by molar-refractivity contribution is -0.131. The van der Waals surface area contributed by atoms with Crippen LogP contribution in [-0.2, 0) is 4.79 Å². The number of nitrogen functional groups attached to an aromatic ring is 1. The van der Waals surface area contributed by atoms with E-state index in [1.807, 2.05) is 0 Å². The molecule has 0 bridgehead atoms. The highest BCUT2D eigenvalue weighted by Gasteiger charge is 2.02. The second-order valence-corrected chi connectivity index (χ2v) is 2.36. The Morgan fingerprint density at radius 1 is 1.71 bits per heavy atom. The van der Waals surface area contributed by atoms with Crippen LogP contribution in [0.1, 0.15) is 5.69 Å². The van der Waals surface area contributed by atoms with Gasteiger partial charge < -0.3 is 15.6 Å². The Hall–Kier alpha value is -2.11. The first kappa shape index (κ1) is 9.97. The molecule has 0 amide bonds. The van der Waals surface area contributed by atoms with Gasteiger partial charge in [0.15, 0.2) is 5.82 Å². The number of hydrogen-bond acceptors (Lipinski definition) is 5. The second kappa shape index (κ2) is 4.22. The molecule has 0 aliphatic carbocycles. The minimum atomic E-state index is -1.05. The molecule has 0 saturated heterocycles. The van der Waals surface area contributed by atoms with Gasteiger partial charge in [0.05, 0.1) is 19.0 Å². The van der Waals surface area contributed by atoms with E-state index in [1.54, 1.807) is 0 Å². The summed E-state index contributed by atoms with van der Waals surface area (Å²) >= 11 is 0. The molecule has 3 N–H and O–H groups in total. The zero-order valence-corrected chi connectivity index (χ0v) is 7.47. The number of carboxylic acid groups (broad SMARTS) is 1. The number of aromatic nitrogens is 2. The maximum absolute atomic E-state index is 10.2. The largest absolute Gasteiger partial charge is 0.478 e. The standard InChI is InChI=1S/C8H9N3O3/c1-14-8-7(9)10-4-5(11-8)2-3-6(12)13/h2-4H,1H3,(H2,9,10)(H,12,13). The van der Waals surface area contributed by atoms with Crippen LogP contribution >= 0.6 is 0 Å². The highest BCUT2D eigenvalue weighted by atomic mass is 16.5. The fourth-order valence-electron chi connectivity index (χ4n) is 0.781. The van der Waals surface area contributed by atoms with Crippen molar-refractivity contribution in [3.8, 4) is 5.88 Å². The van der Waals surface area contributed by atoms with Crippen molar-refractivity contribution in [3.63, 3.8) is 0 Å². The molecule has 0 aliphatic rings. The van der Waals surface area contributed by atoms with Gasteiger partial charge >= 0.3 is 5.97 Å². The van der Waals surface area contributed by atoms with E-state index in [1.165, 1.54) is 19.4 Å². The number of ether oxygens (including phenoxy) is 1. The number of nitrogens with two attached hydrogens (primary N) is 1. The number of carboxylic acids is 1. The smallest absolute Gasteiger partial charge is 0.328 e. The van der Waals surface area contributed by atoms with Crippen LogP contribution in [0.3, 0.4) is 0 Å². The number of rotatable bonds is 3. The first-order valence-electron chi connectivity index (χ1n) is 3.71. The number of aliphatic carboxylic acids is 1. The van der Waals surface area contributed by atoms with Gasteiger partial charge in [0, 0.05) is 6.08 Å². The van der Waals surface area contributed by atoms with Crippen LogP contribution in [0.15, 0.2) is 12.3 Å². The van der Waals surface area contributed by atoms with Crippen molar-refractivity contribution in [1.82, 2.24) is 9.97 Å². The maximum atomic E-state index is 10.2. The van der Waals surface area contributed by atoms with Gasteiger partial charge in [0.2, 0.25) is 0 Å². The summed E-state index contributed by atoms with van der Waals surface area (Å²) in [4.78, 5) is 17.9. The molecule has 0 fully saturated rings. The van der Waals surface area contributed by atoms with Gasteiger partial charge in [-0.05, 0) is 6.08 Å². The summed E-state index contributed by atoms with van der Waals surface area (Å²) in [5.41, 5.74) is 5.79. The van der Waals surface area contributed by atoms with Gasteiger partial charge in [-0.3, -0.25) is 0 Å². The van der Waals surface area contributed by atoms with E-state index >= 15 is 0 Å². The van der Waals surface area contributed by atoms with Crippen LogP contribution in [-0.4, -0.2) is 28.2 Å². The molecular formula is C8H9N3O3. The van der Waals surface area contributed by atoms with Gasteiger partial charge in [-0.2, -0.15) is 0 Å². The number of hydrogen-bond donors (Lipinski definition) is 2. The highest BCUT2D eigenvalue weighted by molar-refractivity contribution is 5.84. The van der Waals surface area contributed by atoms with E-state index in [-0.39, 0.29) is 11.7 Å². The summed E-state index contributed by atoms with van der Waals surface area (Å²) < 4.78 is 4.81. The molecular weight excluding hydrogens is 186 g/mol. The first-order valence-corrected chi connectivity index (χ1v) is 3.71. The Morgan fingerprint density at radius 3 is 3.00 bits per heavy atom. The summed E-state index contributed by atoms with van der Waals surface area (Å²) in [6, 6.07) is 0.